The molecule has 2 atom stereocenters. The molecule has 0 spiro atoms. The third-order valence-corrected chi connectivity index (χ3v) is 5.50. The Labute approximate surface area is 133 Å². The van der Waals surface area contributed by atoms with Gasteiger partial charge in [-0.05, 0) is 12.1 Å². The van der Waals surface area contributed by atoms with Gasteiger partial charge in [0.1, 0.15) is 11.9 Å². The standard InChI is InChI=1S/C13H16Cl2O5S/c1-2-21(17,18)8-13(19-7-10(6-16)20-13)11-4-3-9(14)5-12(11)15/h3-5,10,16H,2,6-8H2,1H3/t10-,13-/m1/s1. The number of aliphatic hydroxyl groups is 1. The number of hydrogen-bond donors (Lipinski definition) is 1. The lowest BCUT2D eigenvalue weighted by molar-refractivity contribution is -0.162. The smallest absolute Gasteiger partial charge is 0.211 e. The van der Waals surface area contributed by atoms with Crippen LogP contribution >= 0.6 is 23.2 Å². The van der Waals surface area contributed by atoms with Crippen molar-refractivity contribution in [3.8, 4) is 0 Å². The lowest BCUT2D eigenvalue weighted by Gasteiger charge is -2.29. The van der Waals surface area contributed by atoms with Crippen molar-refractivity contribution >= 4 is 33.0 Å². The molecule has 1 fully saturated rings. The van der Waals surface area contributed by atoms with Crippen LogP contribution in [-0.4, -0.2) is 44.3 Å². The van der Waals surface area contributed by atoms with Crippen molar-refractivity contribution in [1.82, 2.24) is 0 Å². The zero-order valence-electron chi connectivity index (χ0n) is 11.4. The minimum absolute atomic E-state index is 0.0452. The molecule has 0 saturated carbocycles. The molecule has 0 aromatic heterocycles. The maximum absolute atomic E-state index is 12.0. The van der Waals surface area contributed by atoms with Crippen molar-refractivity contribution < 1.29 is 23.0 Å². The zero-order chi connectivity index (χ0) is 15.7. The third kappa shape index (κ3) is 3.70. The molecule has 0 radical (unpaired) electrons. The molecule has 2 rings (SSSR count). The summed E-state index contributed by atoms with van der Waals surface area (Å²) in [5.74, 6) is -1.92. The van der Waals surface area contributed by atoms with Crippen LogP contribution in [0.1, 0.15) is 12.5 Å². The number of halogens is 2. The number of hydrogen-bond acceptors (Lipinski definition) is 5. The summed E-state index contributed by atoms with van der Waals surface area (Å²) in [6, 6.07) is 4.66. The average molecular weight is 355 g/mol. The molecule has 1 aliphatic rings. The van der Waals surface area contributed by atoms with E-state index in [2.05, 4.69) is 0 Å². The van der Waals surface area contributed by atoms with Gasteiger partial charge in [-0.2, -0.15) is 0 Å². The molecular weight excluding hydrogens is 339 g/mol. The fourth-order valence-electron chi connectivity index (χ4n) is 2.14. The second-order valence-electron chi connectivity index (χ2n) is 4.79. The lowest BCUT2D eigenvalue weighted by Crippen LogP contribution is -2.37. The van der Waals surface area contributed by atoms with Crippen LogP contribution in [0.4, 0.5) is 0 Å². The SMILES string of the molecule is CCS(=O)(=O)C[C@@]1(c2ccc(Cl)cc2Cl)OC[C@@H](CO)O1. The maximum Gasteiger partial charge on any atom is 0.211 e. The maximum atomic E-state index is 12.0. The molecule has 0 aliphatic carbocycles. The summed E-state index contributed by atoms with van der Waals surface area (Å²) in [6.45, 7) is 1.37. The molecule has 1 aromatic carbocycles. The molecule has 0 amide bonds. The van der Waals surface area contributed by atoms with Crippen LogP contribution in [0.15, 0.2) is 18.2 Å². The van der Waals surface area contributed by atoms with Gasteiger partial charge < -0.3 is 14.6 Å². The van der Waals surface area contributed by atoms with Crippen molar-refractivity contribution in [1.29, 1.82) is 0 Å². The zero-order valence-corrected chi connectivity index (χ0v) is 13.7. The third-order valence-electron chi connectivity index (χ3n) is 3.25. The highest BCUT2D eigenvalue weighted by Crippen LogP contribution is 2.40. The van der Waals surface area contributed by atoms with E-state index < -0.39 is 21.7 Å². The highest BCUT2D eigenvalue weighted by atomic mass is 35.5. The van der Waals surface area contributed by atoms with Gasteiger partial charge in [0.2, 0.25) is 5.79 Å². The largest absolute Gasteiger partial charge is 0.394 e. The van der Waals surface area contributed by atoms with Crippen LogP contribution in [0.3, 0.4) is 0 Å². The first kappa shape index (κ1) is 17.0. The van der Waals surface area contributed by atoms with E-state index in [0.29, 0.717) is 10.6 Å². The lowest BCUT2D eigenvalue weighted by atomic mass is 10.1. The Morgan fingerprint density at radius 1 is 1.43 bits per heavy atom. The molecule has 1 N–H and O–H groups in total. The first-order valence-corrected chi connectivity index (χ1v) is 8.98. The Morgan fingerprint density at radius 3 is 2.67 bits per heavy atom. The fourth-order valence-corrected chi connectivity index (χ4v) is 3.78. The van der Waals surface area contributed by atoms with E-state index in [1.807, 2.05) is 0 Å². The van der Waals surface area contributed by atoms with Gasteiger partial charge in [0.15, 0.2) is 9.84 Å². The molecule has 118 valence electrons. The normalized spacial score (nSPS) is 26.2. The van der Waals surface area contributed by atoms with Gasteiger partial charge in [0.05, 0.1) is 18.2 Å². The summed E-state index contributed by atoms with van der Waals surface area (Å²) < 4.78 is 35.3. The van der Waals surface area contributed by atoms with Crippen molar-refractivity contribution in [3.05, 3.63) is 33.8 Å². The summed E-state index contributed by atoms with van der Waals surface area (Å²) in [7, 11) is -3.39. The Kier molecular flexibility index (Phi) is 5.18. The Bertz CT molecular complexity index is 619. The van der Waals surface area contributed by atoms with E-state index in [9.17, 15) is 13.5 Å². The summed E-state index contributed by atoms with van der Waals surface area (Å²) in [5.41, 5.74) is 0.390. The molecule has 1 heterocycles. The molecule has 0 bridgehead atoms. The van der Waals surface area contributed by atoms with Gasteiger partial charge >= 0.3 is 0 Å². The van der Waals surface area contributed by atoms with Gasteiger partial charge in [-0.25, -0.2) is 8.42 Å². The van der Waals surface area contributed by atoms with Crippen LogP contribution in [0.2, 0.25) is 10.0 Å². The van der Waals surface area contributed by atoms with E-state index >= 15 is 0 Å². The first-order chi connectivity index (χ1) is 9.82. The molecular formula is C13H16Cl2O5S. The van der Waals surface area contributed by atoms with Crippen LogP contribution in [0, 0.1) is 0 Å². The Morgan fingerprint density at radius 2 is 2.14 bits per heavy atom. The van der Waals surface area contributed by atoms with Gasteiger partial charge in [0.25, 0.3) is 0 Å². The predicted molar refractivity (Wildman–Crippen MR) is 80.4 cm³/mol. The van der Waals surface area contributed by atoms with E-state index in [1.54, 1.807) is 19.1 Å². The molecule has 21 heavy (non-hydrogen) atoms. The molecule has 5 nitrogen and oxygen atoms in total. The average Bonchev–Trinajstić information content (AvgIpc) is 2.82. The topological polar surface area (TPSA) is 72.8 Å². The summed E-state index contributed by atoms with van der Waals surface area (Å²) in [4.78, 5) is 0. The summed E-state index contributed by atoms with van der Waals surface area (Å²) >= 11 is 12.0. The minimum atomic E-state index is -3.39. The highest BCUT2D eigenvalue weighted by Gasteiger charge is 2.47. The van der Waals surface area contributed by atoms with Gasteiger partial charge in [-0.1, -0.05) is 36.2 Å². The minimum Gasteiger partial charge on any atom is -0.394 e. The summed E-state index contributed by atoms with van der Waals surface area (Å²) in [6.07, 6.45) is -0.594. The molecule has 1 saturated heterocycles. The number of ether oxygens (including phenoxy) is 2. The molecule has 8 heteroatoms. The van der Waals surface area contributed by atoms with E-state index in [1.165, 1.54) is 6.07 Å². The quantitative estimate of drug-likeness (QED) is 0.875. The van der Waals surface area contributed by atoms with Gasteiger partial charge in [-0.15, -0.1) is 0 Å². The molecule has 1 aromatic rings. The first-order valence-electron chi connectivity index (χ1n) is 6.40. The van der Waals surface area contributed by atoms with Crippen molar-refractivity contribution in [3.63, 3.8) is 0 Å². The van der Waals surface area contributed by atoms with E-state index in [-0.39, 0.29) is 29.7 Å². The van der Waals surface area contributed by atoms with E-state index in [0.717, 1.165) is 0 Å². The highest BCUT2D eigenvalue weighted by molar-refractivity contribution is 7.91. The predicted octanol–water partition coefficient (Wildman–Crippen LogP) is 1.99. The van der Waals surface area contributed by atoms with Crippen LogP contribution in [0.5, 0.6) is 0 Å². The number of benzene rings is 1. The second kappa shape index (κ2) is 6.40. The number of rotatable bonds is 5. The van der Waals surface area contributed by atoms with Crippen molar-refractivity contribution in [2.45, 2.75) is 18.8 Å². The van der Waals surface area contributed by atoms with Gasteiger partial charge in [0, 0.05) is 16.3 Å². The van der Waals surface area contributed by atoms with Gasteiger partial charge in [-0.3, -0.25) is 0 Å². The molecule has 1 aliphatic heterocycles. The Hall–Kier alpha value is -0.370. The number of aliphatic hydroxyl groups excluding tert-OH is 1. The monoisotopic (exact) mass is 354 g/mol. The second-order valence-corrected chi connectivity index (χ2v) is 7.98. The van der Waals surface area contributed by atoms with Crippen LogP contribution in [0.25, 0.3) is 0 Å². The Balaban J connectivity index is 2.46. The van der Waals surface area contributed by atoms with Crippen LogP contribution in [-0.2, 0) is 25.1 Å². The molecule has 0 unspecified atom stereocenters. The fraction of sp³-hybridized carbons (Fsp3) is 0.538. The van der Waals surface area contributed by atoms with E-state index in [4.69, 9.17) is 32.7 Å². The van der Waals surface area contributed by atoms with Crippen molar-refractivity contribution in [2.24, 2.45) is 0 Å². The number of sulfone groups is 1. The van der Waals surface area contributed by atoms with Crippen molar-refractivity contribution in [2.75, 3.05) is 24.7 Å². The summed E-state index contributed by atoms with van der Waals surface area (Å²) in [5, 5.41) is 9.89. The van der Waals surface area contributed by atoms with Crippen LogP contribution < -0.4 is 0 Å².